The molecule has 0 heterocycles. The van der Waals surface area contributed by atoms with Crippen LogP contribution in [0.2, 0.25) is 0 Å². The largest absolute Gasteiger partial charge is 0.353 e. The van der Waals surface area contributed by atoms with Crippen LogP contribution < -0.4 is 10.6 Å². The zero-order valence-corrected chi connectivity index (χ0v) is 9.79. The van der Waals surface area contributed by atoms with Crippen molar-refractivity contribution in [2.24, 2.45) is 0 Å². The lowest BCUT2D eigenvalue weighted by atomic mass is 10.1. The van der Waals surface area contributed by atoms with E-state index in [2.05, 4.69) is 22.8 Å². The molecule has 2 N–H and O–H groups in total. The predicted octanol–water partition coefficient (Wildman–Crippen LogP) is 1.56. The first-order valence-corrected chi connectivity index (χ1v) is 5.37. The van der Waals surface area contributed by atoms with E-state index >= 15 is 0 Å². The molecule has 0 radical (unpaired) electrons. The molecule has 3 nitrogen and oxygen atoms in total. The standard InChI is InChI=1S/C13H18N2O/c1-11(16)15-8-4-7-12-5-3-6-13(9-12)10-14-2/h3-7,9,14H,8,10H2,1-2H3,(H,15,16). The average Bonchev–Trinajstić information content (AvgIpc) is 2.25. The van der Waals surface area contributed by atoms with Gasteiger partial charge in [0.2, 0.25) is 5.91 Å². The van der Waals surface area contributed by atoms with Gasteiger partial charge in [-0.15, -0.1) is 0 Å². The minimum Gasteiger partial charge on any atom is -0.353 e. The molecular formula is C13H18N2O. The topological polar surface area (TPSA) is 41.1 Å². The first kappa shape index (κ1) is 12.5. The van der Waals surface area contributed by atoms with E-state index in [9.17, 15) is 4.79 Å². The van der Waals surface area contributed by atoms with Crippen LogP contribution in [0.4, 0.5) is 0 Å². The van der Waals surface area contributed by atoms with Gasteiger partial charge in [-0.2, -0.15) is 0 Å². The fourth-order valence-corrected chi connectivity index (χ4v) is 1.41. The second-order valence-electron chi connectivity index (χ2n) is 3.61. The van der Waals surface area contributed by atoms with Crippen LogP contribution in [0.15, 0.2) is 30.3 Å². The maximum atomic E-state index is 10.6. The van der Waals surface area contributed by atoms with E-state index in [1.54, 1.807) is 0 Å². The van der Waals surface area contributed by atoms with Crippen molar-refractivity contribution in [2.75, 3.05) is 13.6 Å². The van der Waals surface area contributed by atoms with Crippen LogP contribution in [-0.4, -0.2) is 19.5 Å². The molecule has 16 heavy (non-hydrogen) atoms. The molecule has 1 aromatic carbocycles. The normalized spacial score (nSPS) is 10.6. The molecule has 0 aliphatic rings. The summed E-state index contributed by atoms with van der Waals surface area (Å²) in [5.74, 6) is -0.00594. The van der Waals surface area contributed by atoms with E-state index in [1.807, 2.05) is 31.3 Å². The molecule has 1 rings (SSSR count). The molecule has 86 valence electrons. The number of amides is 1. The number of benzene rings is 1. The van der Waals surface area contributed by atoms with Gasteiger partial charge in [0, 0.05) is 20.0 Å². The van der Waals surface area contributed by atoms with Gasteiger partial charge in [-0.05, 0) is 18.2 Å². The van der Waals surface area contributed by atoms with Crippen molar-refractivity contribution in [3.63, 3.8) is 0 Å². The van der Waals surface area contributed by atoms with E-state index in [1.165, 1.54) is 12.5 Å². The molecule has 0 unspecified atom stereocenters. The molecular weight excluding hydrogens is 200 g/mol. The summed E-state index contributed by atoms with van der Waals surface area (Å²) in [6, 6.07) is 8.29. The van der Waals surface area contributed by atoms with Crippen molar-refractivity contribution in [2.45, 2.75) is 13.5 Å². The van der Waals surface area contributed by atoms with Gasteiger partial charge < -0.3 is 10.6 Å². The highest BCUT2D eigenvalue weighted by Gasteiger charge is 1.91. The monoisotopic (exact) mass is 218 g/mol. The Kier molecular flexibility index (Phi) is 5.29. The smallest absolute Gasteiger partial charge is 0.217 e. The number of carbonyl (C=O) groups excluding carboxylic acids is 1. The number of carbonyl (C=O) groups is 1. The summed E-state index contributed by atoms with van der Waals surface area (Å²) in [5.41, 5.74) is 2.40. The molecule has 1 aromatic rings. The van der Waals surface area contributed by atoms with Crippen molar-refractivity contribution >= 4 is 12.0 Å². The Bertz CT molecular complexity index is 372. The molecule has 0 aliphatic heterocycles. The summed E-state index contributed by atoms with van der Waals surface area (Å²) in [6.45, 7) is 2.96. The zero-order chi connectivity index (χ0) is 11.8. The van der Waals surface area contributed by atoms with Gasteiger partial charge in [0.15, 0.2) is 0 Å². The Hall–Kier alpha value is -1.61. The van der Waals surface area contributed by atoms with Crippen molar-refractivity contribution in [1.82, 2.24) is 10.6 Å². The first-order valence-electron chi connectivity index (χ1n) is 5.37. The quantitative estimate of drug-likeness (QED) is 0.787. The maximum absolute atomic E-state index is 10.6. The Balaban J connectivity index is 2.52. The highest BCUT2D eigenvalue weighted by Crippen LogP contribution is 2.06. The van der Waals surface area contributed by atoms with E-state index in [0.717, 1.165) is 12.1 Å². The summed E-state index contributed by atoms with van der Waals surface area (Å²) in [4.78, 5) is 10.6. The molecule has 3 heteroatoms. The number of rotatable bonds is 5. The highest BCUT2D eigenvalue weighted by atomic mass is 16.1. The SMILES string of the molecule is CNCc1cccc(C=CCNC(C)=O)c1. The Labute approximate surface area is 96.6 Å². The second kappa shape index (κ2) is 6.80. The van der Waals surface area contributed by atoms with Crippen LogP contribution in [0.1, 0.15) is 18.1 Å². The van der Waals surface area contributed by atoms with Gasteiger partial charge in [0.1, 0.15) is 0 Å². The molecule has 0 saturated heterocycles. The number of nitrogens with one attached hydrogen (secondary N) is 2. The minimum absolute atomic E-state index is 0.00594. The van der Waals surface area contributed by atoms with Gasteiger partial charge in [-0.1, -0.05) is 36.4 Å². The van der Waals surface area contributed by atoms with Gasteiger partial charge in [0.05, 0.1) is 0 Å². The molecule has 0 spiro atoms. The Morgan fingerprint density at radius 1 is 1.44 bits per heavy atom. The van der Waals surface area contributed by atoms with Crippen molar-refractivity contribution in [1.29, 1.82) is 0 Å². The second-order valence-corrected chi connectivity index (χ2v) is 3.61. The number of hydrogen-bond acceptors (Lipinski definition) is 2. The third-order valence-corrected chi connectivity index (χ3v) is 2.11. The minimum atomic E-state index is -0.00594. The molecule has 1 amide bonds. The van der Waals surface area contributed by atoms with Crippen LogP contribution >= 0.6 is 0 Å². The molecule has 0 atom stereocenters. The zero-order valence-electron chi connectivity index (χ0n) is 9.79. The van der Waals surface area contributed by atoms with Gasteiger partial charge in [-0.25, -0.2) is 0 Å². The van der Waals surface area contributed by atoms with Crippen molar-refractivity contribution < 1.29 is 4.79 Å². The van der Waals surface area contributed by atoms with Crippen LogP contribution in [0.25, 0.3) is 6.08 Å². The summed E-state index contributed by atoms with van der Waals surface area (Å²) < 4.78 is 0. The van der Waals surface area contributed by atoms with Gasteiger partial charge >= 0.3 is 0 Å². The van der Waals surface area contributed by atoms with Crippen LogP contribution in [-0.2, 0) is 11.3 Å². The molecule has 0 saturated carbocycles. The van der Waals surface area contributed by atoms with E-state index in [-0.39, 0.29) is 5.91 Å². The lowest BCUT2D eigenvalue weighted by molar-refractivity contribution is -0.118. The van der Waals surface area contributed by atoms with Gasteiger partial charge in [0.25, 0.3) is 0 Å². The first-order chi connectivity index (χ1) is 7.72. The molecule has 0 bridgehead atoms. The molecule has 0 fully saturated rings. The van der Waals surface area contributed by atoms with E-state index < -0.39 is 0 Å². The predicted molar refractivity (Wildman–Crippen MR) is 66.9 cm³/mol. The van der Waals surface area contributed by atoms with Gasteiger partial charge in [-0.3, -0.25) is 4.79 Å². The van der Waals surface area contributed by atoms with E-state index in [0.29, 0.717) is 6.54 Å². The fourth-order valence-electron chi connectivity index (χ4n) is 1.41. The molecule has 0 aromatic heterocycles. The molecule has 0 aliphatic carbocycles. The summed E-state index contributed by atoms with van der Waals surface area (Å²) in [7, 11) is 1.93. The Morgan fingerprint density at radius 3 is 2.94 bits per heavy atom. The lowest BCUT2D eigenvalue weighted by Gasteiger charge is -2.01. The van der Waals surface area contributed by atoms with Crippen LogP contribution in [0.3, 0.4) is 0 Å². The van der Waals surface area contributed by atoms with Crippen molar-refractivity contribution in [3.05, 3.63) is 41.5 Å². The highest BCUT2D eigenvalue weighted by molar-refractivity contribution is 5.73. The fraction of sp³-hybridized carbons (Fsp3) is 0.308. The maximum Gasteiger partial charge on any atom is 0.217 e. The number of hydrogen-bond donors (Lipinski definition) is 2. The summed E-state index contributed by atoms with van der Waals surface area (Å²) in [5, 5.41) is 5.83. The average molecular weight is 218 g/mol. The summed E-state index contributed by atoms with van der Waals surface area (Å²) >= 11 is 0. The van der Waals surface area contributed by atoms with Crippen molar-refractivity contribution in [3.8, 4) is 0 Å². The van der Waals surface area contributed by atoms with E-state index in [4.69, 9.17) is 0 Å². The lowest BCUT2D eigenvalue weighted by Crippen LogP contribution is -2.19. The van der Waals surface area contributed by atoms with Crippen LogP contribution in [0, 0.1) is 0 Å². The third kappa shape index (κ3) is 4.75. The Morgan fingerprint density at radius 2 is 2.25 bits per heavy atom. The van der Waals surface area contributed by atoms with Crippen LogP contribution in [0.5, 0.6) is 0 Å². The summed E-state index contributed by atoms with van der Waals surface area (Å²) in [6.07, 6.45) is 3.95. The third-order valence-electron chi connectivity index (χ3n) is 2.11.